The molecule has 3 aliphatic rings. The summed E-state index contributed by atoms with van der Waals surface area (Å²) in [6, 6.07) is 19.3. The van der Waals surface area contributed by atoms with Crippen molar-refractivity contribution in [3.05, 3.63) is 114 Å². The minimum Gasteiger partial charge on any atom is -0.463 e. The molecule has 0 saturated carbocycles. The Kier molecular flexibility index (Phi) is 5.86. The average molecular weight is 566 g/mol. The van der Waals surface area contributed by atoms with Gasteiger partial charge in [-0.25, -0.2) is 9.79 Å². The van der Waals surface area contributed by atoms with E-state index in [4.69, 9.17) is 19.2 Å². The second kappa shape index (κ2) is 9.60. The van der Waals surface area contributed by atoms with E-state index < -0.39 is 17.6 Å². The van der Waals surface area contributed by atoms with Crippen molar-refractivity contribution in [1.82, 2.24) is 4.57 Å². The van der Waals surface area contributed by atoms with E-state index in [1.54, 1.807) is 25.1 Å². The Morgan fingerprint density at radius 2 is 1.88 bits per heavy atom. The van der Waals surface area contributed by atoms with Crippen LogP contribution in [0.3, 0.4) is 0 Å². The molecule has 1 aromatic heterocycles. The van der Waals surface area contributed by atoms with Crippen molar-refractivity contribution in [2.45, 2.75) is 19.9 Å². The first kappa shape index (κ1) is 25.0. The molecule has 0 bridgehead atoms. The monoisotopic (exact) mass is 565 g/mol. The Bertz CT molecular complexity index is 1990. The minimum atomic E-state index is -0.897. The lowest BCUT2D eigenvalue weighted by atomic mass is 9.93. The van der Waals surface area contributed by atoms with E-state index in [0.29, 0.717) is 49.9 Å². The van der Waals surface area contributed by atoms with Gasteiger partial charge in [-0.3, -0.25) is 14.2 Å². The first-order chi connectivity index (χ1) is 19.9. The lowest BCUT2D eigenvalue weighted by Gasteiger charge is -2.26. The zero-order valence-electron chi connectivity index (χ0n) is 22.1. The van der Waals surface area contributed by atoms with Crippen LogP contribution >= 0.6 is 11.3 Å². The lowest BCUT2D eigenvalue weighted by Crippen LogP contribution is -2.40. The first-order valence-corrected chi connectivity index (χ1v) is 13.9. The van der Waals surface area contributed by atoms with Gasteiger partial charge < -0.3 is 19.5 Å². The molecule has 41 heavy (non-hydrogen) atoms. The molecule has 0 radical (unpaired) electrons. The summed E-state index contributed by atoms with van der Waals surface area (Å²) in [5.41, 5.74) is 4.06. The summed E-state index contributed by atoms with van der Waals surface area (Å²) in [6.07, 6.45) is 0. The van der Waals surface area contributed by atoms with Crippen molar-refractivity contribution < 1.29 is 23.8 Å². The number of aryl methyl sites for hydroxylation is 1. The zero-order valence-corrected chi connectivity index (χ0v) is 22.9. The maximum atomic E-state index is 14.3. The van der Waals surface area contributed by atoms with E-state index in [0.717, 1.165) is 16.9 Å². The van der Waals surface area contributed by atoms with Crippen molar-refractivity contribution in [3.63, 3.8) is 0 Å². The number of hydrogen-bond donors (Lipinski definition) is 1. The fourth-order valence-corrected chi connectivity index (χ4v) is 6.49. The zero-order chi connectivity index (χ0) is 28.2. The largest absolute Gasteiger partial charge is 0.463 e. The summed E-state index contributed by atoms with van der Waals surface area (Å²) in [6.45, 7) is 3.88. The summed E-state index contributed by atoms with van der Waals surface area (Å²) in [7, 11) is 0. The predicted octanol–water partition coefficient (Wildman–Crippen LogP) is 3.30. The Labute approximate surface area is 237 Å². The first-order valence-electron chi connectivity index (χ1n) is 13.1. The second-order valence-corrected chi connectivity index (χ2v) is 10.7. The van der Waals surface area contributed by atoms with Gasteiger partial charge in [-0.15, -0.1) is 0 Å². The highest BCUT2D eigenvalue weighted by Gasteiger charge is 2.37. The molecule has 10 heteroatoms. The molecule has 0 aliphatic carbocycles. The van der Waals surface area contributed by atoms with Crippen LogP contribution in [0, 0.1) is 6.92 Å². The number of thiazole rings is 1. The molecule has 1 N–H and O–H groups in total. The van der Waals surface area contributed by atoms with E-state index in [2.05, 4.69) is 5.32 Å². The Morgan fingerprint density at radius 1 is 1.07 bits per heavy atom. The molecule has 7 rings (SSSR count). The van der Waals surface area contributed by atoms with Gasteiger partial charge in [0.25, 0.3) is 11.5 Å². The molecule has 3 aliphatic heterocycles. The summed E-state index contributed by atoms with van der Waals surface area (Å²) < 4.78 is 18.4. The SMILES string of the molecule is CCOC(=O)C1=C(c2ccccc2)N=c2s/c(=C3\C(=O)Nc4ccc(C)cc43)c(=O)n2[C@@H]1c1ccc2c(c1)OCO2. The fraction of sp³-hybridized carbons (Fsp3) is 0.161. The fourth-order valence-electron chi connectivity index (χ4n) is 5.40. The van der Waals surface area contributed by atoms with Crippen molar-refractivity contribution in [1.29, 1.82) is 0 Å². The van der Waals surface area contributed by atoms with Crippen molar-refractivity contribution in [3.8, 4) is 11.5 Å². The third-order valence-electron chi connectivity index (χ3n) is 7.21. The molecule has 4 heterocycles. The number of rotatable bonds is 4. The number of carbonyl (C=O) groups is 2. The standard InChI is InChI=1S/C31H23N3O6S/c1-3-38-30(37)24-25(17-7-5-4-6-8-17)33-31-34(26(24)18-10-12-21-22(14-18)40-15-39-21)29(36)27(41-31)23-19-13-16(2)9-11-20(19)32-28(23)35/h4-14,26H,3,15H2,1-2H3,(H,32,35)/b27-23-/t26-/m1/s1. The quantitative estimate of drug-likeness (QED) is 0.381. The number of carbonyl (C=O) groups excluding carboxylic acids is 2. The molecule has 0 saturated heterocycles. The normalized spacial score (nSPS) is 18.0. The second-order valence-electron chi connectivity index (χ2n) is 9.74. The van der Waals surface area contributed by atoms with Crippen LogP contribution in [0.5, 0.6) is 11.5 Å². The van der Waals surface area contributed by atoms with Gasteiger partial charge in [-0.05, 0) is 43.7 Å². The van der Waals surface area contributed by atoms with Crippen LogP contribution < -0.4 is 29.7 Å². The van der Waals surface area contributed by atoms with Crippen molar-refractivity contribution in [2.24, 2.45) is 4.99 Å². The topological polar surface area (TPSA) is 108 Å². The van der Waals surface area contributed by atoms with Crippen LogP contribution in [0.4, 0.5) is 5.69 Å². The predicted molar refractivity (Wildman–Crippen MR) is 152 cm³/mol. The summed E-state index contributed by atoms with van der Waals surface area (Å²) in [4.78, 5) is 46.4. The number of hydrogen-bond acceptors (Lipinski definition) is 8. The summed E-state index contributed by atoms with van der Waals surface area (Å²) in [5, 5.41) is 2.87. The molecule has 204 valence electrons. The molecule has 4 aromatic rings. The Balaban J connectivity index is 1.57. The molecular weight excluding hydrogens is 542 g/mol. The highest BCUT2D eigenvalue weighted by atomic mass is 32.1. The number of nitrogens with zero attached hydrogens (tertiary/aromatic N) is 2. The minimum absolute atomic E-state index is 0.0781. The molecule has 0 fully saturated rings. The Hall–Kier alpha value is -4.96. The molecule has 9 nitrogen and oxygen atoms in total. The number of benzene rings is 3. The summed E-state index contributed by atoms with van der Waals surface area (Å²) >= 11 is 1.13. The van der Waals surface area contributed by atoms with E-state index in [9.17, 15) is 14.4 Å². The van der Waals surface area contributed by atoms with Crippen LogP contribution in [0.1, 0.15) is 35.2 Å². The number of amides is 1. The average Bonchev–Trinajstić information content (AvgIpc) is 3.66. The van der Waals surface area contributed by atoms with Gasteiger partial charge >= 0.3 is 5.97 Å². The van der Waals surface area contributed by atoms with Crippen LogP contribution in [-0.4, -0.2) is 29.8 Å². The number of fused-ring (bicyclic) bond motifs is 3. The summed E-state index contributed by atoms with van der Waals surface area (Å²) in [5.74, 6) is 0.134. The molecule has 0 unspecified atom stereocenters. The van der Waals surface area contributed by atoms with E-state index in [1.807, 2.05) is 55.5 Å². The van der Waals surface area contributed by atoms with Gasteiger partial charge in [0, 0.05) is 16.8 Å². The third-order valence-corrected chi connectivity index (χ3v) is 8.26. The maximum Gasteiger partial charge on any atom is 0.338 e. The molecule has 3 aromatic carbocycles. The third kappa shape index (κ3) is 3.98. The number of nitrogens with one attached hydrogen (secondary N) is 1. The number of ether oxygens (including phenoxy) is 3. The molecular formula is C31H23N3O6S. The van der Waals surface area contributed by atoms with Crippen LogP contribution in [0.25, 0.3) is 11.3 Å². The van der Waals surface area contributed by atoms with Gasteiger partial charge in [0.05, 0.1) is 29.5 Å². The number of anilines is 1. The molecule has 1 amide bonds. The Morgan fingerprint density at radius 3 is 2.68 bits per heavy atom. The van der Waals surface area contributed by atoms with E-state index in [-0.39, 0.29) is 29.4 Å². The lowest BCUT2D eigenvalue weighted by molar-refractivity contribution is -0.138. The number of esters is 1. The van der Waals surface area contributed by atoms with Crippen LogP contribution in [-0.2, 0) is 14.3 Å². The van der Waals surface area contributed by atoms with Gasteiger partial charge in [-0.2, -0.15) is 0 Å². The van der Waals surface area contributed by atoms with Gasteiger partial charge in [0.2, 0.25) is 6.79 Å². The van der Waals surface area contributed by atoms with Crippen molar-refractivity contribution >= 4 is 40.2 Å². The van der Waals surface area contributed by atoms with Gasteiger partial charge in [0.1, 0.15) is 4.53 Å². The highest BCUT2D eigenvalue weighted by Crippen LogP contribution is 2.40. The van der Waals surface area contributed by atoms with Crippen LogP contribution in [0.2, 0.25) is 0 Å². The van der Waals surface area contributed by atoms with Crippen molar-refractivity contribution in [2.75, 3.05) is 18.7 Å². The highest BCUT2D eigenvalue weighted by molar-refractivity contribution is 7.07. The molecule has 1 atom stereocenters. The van der Waals surface area contributed by atoms with Gasteiger partial charge in [0.15, 0.2) is 16.3 Å². The van der Waals surface area contributed by atoms with E-state index in [1.165, 1.54) is 4.57 Å². The number of aromatic nitrogens is 1. The molecule has 0 spiro atoms. The van der Waals surface area contributed by atoms with E-state index >= 15 is 0 Å². The van der Waals surface area contributed by atoms with Gasteiger partial charge in [-0.1, -0.05) is 59.4 Å². The maximum absolute atomic E-state index is 14.3. The smallest absolute Gasteiger partial charge is 0.338 e. The van der Waals surface area contributed by atoms with Crippen LogP contribution in [0.15, 0.2) is 82.1 Å².